The van der Waals surface area contributed by atoms with Crippen LogP contribution in [0.3, 0.4) is 0 Å². The molecule has 2 heterocycles. The second-order valence-electron chi connectivity index (χ2n) is 6.52. The van der Waals surface area contributed by atoms with E-state index in [2.05, 4.69) is 15.5 Å². The second-order valence-corrected chi connectivity index (χ2v) is 6.52. The maximum atomic E-state index is 11.8. The summed E-state index contributed by atoms with van der Waals surface area (Å²) in [4.78, 5) is 16.3. The van der Waals surface area contributed by atoms with Crippen LogP contribution in [-0.4, -0.2) is 23.1 Å². The van der Waals surface area contributed by atoms with Gasteiger partial charge in [0, 0.05) is 36.2 Å². The van der Waals surface area contributed by atoms with Gasteiger partial charge in [-0.3, -0.25) is 4.79 Å². The highest BCUT2D eigenvalue weighted by atomic mass is 35.5. The average Bonchev–Trinajstić information content (AvgIpc) is 3.17. The van der Waals surface area contributed by atoms with E-state index >= 15 is 0 Å². The van der Waals surface area contributed by atoms with Gasteiger partial charge in [-0.25, -0.2) is 4.98 Å². The van der Waals surface area contributed by atoms with Crippen LogP contribution in [0.2, 0.25) is 0 Å². The summed E-state index contributed by atoms with van der Waals surface area (Å²) in [6.45, 7) is 0. The number of carbonyl (C=O) groups excluding carboxylic acids is 1. The lowest BCUT2D eigenvalue weighted by molar-refractivity contribution is 0.0958. The summed E-state index contributed by atoms with van der Waals surface area (Å²) in [5.74, 6) is -0.218. The van der Waals surface area contributed by atoms with Crippen LogP contribution < -0.4 is 11.1 Å². The number of nitrogens with zero attached hydrogens (tertiary/aromatic N) is 2. The lowest BCUT2D eigenvalue weighted by atomic mass is 9.94. The van der Waals surface area contributed by atoms with E-state index < -0.39 is 0 Å². The zero-order valence-electron chi connectivity index (χ0n) is 15.8. The van der Waals surface area contributed by atoms with Crippen LogP contribution in [0.5, 0.6) is 0 Å². The molecule has 0 saturated heterocycles. The first-order valence-corrected chi connectivity index (χ1v) is 9.04. The molecule has 0 saturated carbocycles. The minimum absolute atomic E-state index is 0. The quantitative estimate of drug-likeness (QED) is 0.522. The van der Waals surface area contributed by atoms with Gasteiger partial charge in [-0.2, -0.15) is 0 Å². The number of hydrogen-bond acceptors (Lipinski definition) is 5. The molecule has 4 rings (SSSR count). The summed E-state index contributed by atoms with van der Waals surface area (Å²) in [6.07, 6.45) is 0.498. The number of nitrogens with two attached hydrogens (primary N) is 1. The van der Waals surface area contributed by atoms with Gasteiger partial charge in [-0.15, -0.1) is 12.4 Å². The molecule has 0 spiro atoms. The third kappa shape index (κ3) is 4.13. The Balaban J connectivity index is 0.00000240. The third-order valence-electron chi connectivity index (χ3n) is 4.69. The van der Waals surface area contributed by atoms with Crippen molar-refractivity contribution >= 4 is 29.3 Å². The molecule has 2 aromatic carbocycles. The number of para-hydroxylation sites is 1. The maximum absolute atomic E-state index is 11.8. The summed E-state index contributed by atoms with van der Waals surface area (Å²) in [7, 11) is 1.58. The molecule has 7 heteroatoms. The molecule has 6 nitrogen and oxygen atoms in total. The van der Waals surface area contributed by atoms with Gasteiger partial charge in [-0.1, -0.05) is 47.6 Å². The molecule has 1 amide bonds. The van der Waals surface area contributed by atoms with Crippen molar-refractivity contribution in [3.8, 4) is 11.3 Å². The van der Waals surface area contributed by atoms with Gasteiger partial charge in [0.1, 0.15) is 11.4 Å². The van der Waals surface area contributed by atoms with Crippen molar-refractivity contribution in [2.45, 2.75) is 12.5 Å². The molecule has 0 radical (unpaired) electrons. The molecular weight excluding hydrogens is 388 g/mol. The highest BCUT2D eigenvalue weighted by molar-refractivity contribution is 5.92. The Hall–Kier alpha value is -3.22. The predicted octanol–water partition coefficient (Wildman–Crippen LogP) is 3.91. The van der Waals surface area contributed by atoms with Crippen molar-refractivity contribution in [2.24, 2.45) is 5.73 Å². The molecule has 148 valence electrons. The van der Waals surface area contributed by atoms with E-state index in [4.69, 9.17) is 10.3 Å². The van der Waals surface area contributed by atoms with Crippen molar-refractivity contribution in [3.63, 3.8) is 0 Å². The monoisotopic (exact) mass is 408 g/mol. The maximum Gasteiger partial charge on any atom is 0.269 e. The molecule has 3 N–H and O–H groups in total. The molecule has 1 unspecified atom stereocenters. The highest BCUT2D eigenvalue weighted by Gasteiger charge is 2.18. The fraction of sp³-hybridized carbons (Fsp3) is 0.136. The van der Waals surface area contributed by atoms with E-state index in [1.807, 2.05) is 60.7 Å². The van der Waals surface area contributed by atoms with E-state index in [0.717, 1.165) is 33.5 Å². The number of pyridine rings is 1. The van der Waals surface area contributed by atoms with Crippen LogP contribution in [-0.2, 0) is 6.42 Å². The second kappa shape index (κ2) is 8.86. The molecule has 0 aliphatic rings. The van der Waals surface area contributed by atoms with E-state index in [1.54, 1.807) is 13.1 Å². The topological polar surface area (TPSA) is 94.0 Å². The number of fused-ring (bicyclic) bond motifs is 1. The van der Waals surface area contributed by atoms with Gasteiger partial charge in [0.05, 0.1) is 0 Å². The van der Waals surface area contributed by atoms with Crippen LogP contribution in [0, 0.1) is 0 Å². The number of benzene rings is 2. The van der Waals surface area contributed by atoms with Crippen molar-refractivity contribution < 1.29 is 9.32 Å². The fourth-order valence-electron chi connectivity index (χ4n) is 3.30. The SMILES string of the molecule is CNC(=O)c1cccc(CC(N)c2ccccc2-c2noc3ccccc23)n1.Cl. The van der Waals surface area contributed by atoms with Crippen LogP contribution in [0.1, 0.15) is 27.8 Å². The molecule has 0 aliphatic heterocycles. The standard InChI is InChI=1S/C22H20N4O2.ClH/c1-24-22(27)19-11-6-7-14(25-19)13-18(23)15-8-2-3-9-16(15)21-17-10-4-5-12-20(17)28-26-21;/h2-12,18H,13,23H2,1H3,(H,24,27);1H. The normalized spacial score (nSPS) is 11.7. The van der Waals surface area contributed by atoms with Gasteiger partial charge in [0.2, 0.25) is 0 Å². The zero-order valence-corrected chi connectivity index (χ0v) is 16.6. The number of nitrogens with one attached hydrogen (secondary N) is 1. The molecule has 0 fully saturated rings. The number of hydrogen-bond donors (Lipinski definition) is 2. The number of rotatable bonds is 5. The minimum atomic E-state index is -0.306. The summed E-state index contributed by atoms with van der Waals surface area (Å²) in [5, 5.41) is 7.80. The first-order chi connectivity index (χ1) is 13.7. The van der Waals surface area contributed by atoms with E-state index in [1.165, 1.54) is 0 Å². The third-order valence-corrected chi connectivity index (χ3v) is 4.69. The predicted molar refractivity (Wildman–Crippen MR) is 115 cm³/mol. The van der Waals surface area contributed by atoms with E-state index in [9.17, 15) is 4.79 Å². The molecule has 2 aromatic heterocycles. The smallest absolute Gasteiger partial charge is 0.269 e. The van der Waals surface area contributed by atoms with Crippen molar-refractivity contribution in [2.75, 3.05) is 7.05 Å². The molecule has 0 bridgehead atoms. The lowest BCUT2D eigenvalue weighted by Crippen LogP contribution is -2.20. The van der Waals surface area contributed by atoms with Crippen LogP contribution in [0.15, 0.2) is 71.3 Å². The summed E-state index contributed by atoms with van der Waals surface area (Å²) >= 11 is 0. The lowest BCUT2D eigenvalue weighted by Gasteiger charge is -2.15. The zero-order chi connectivity index (χ0) is 19.5. The summed E-state index contributed by atoms with van der Waals surface area (Å²) < 4.78 is 5.46. The van der Waals surface area contributed by atoms with Crippen molar-refractivity contribution in [1.29, 1.82) is 0 Å². The van der Waals surface area contributed by atoms with Crippen LogP contribution in [0.25, 0.3) is 22.2 Å². The Bertz CT molecular complexity index is 1140. The minimum Gasteiger partial charge on any atom is -0.356 e. The van der Waals surface area contributed by atoms with Gasteiger partial charge >= 0.3 is 0 Å². The van der Waals surface area contributed by atoms with Crippen LogP contribution >= 0.6 is 12.4 Å². The number of halogens is 1. The van der Waals surface area contributed by atoms with Crippen molar-refractivity contribution in [3.05, 3.63) is 83.7 Å². The first kappa shape index (κ1) is 20.5. The Kier molecular flexibility index (Phi) is 6.26. The van der Waals surface area contributed by atoms with Crippen LogP contribution in [0.4, 0.5) is 0 Å². The molecule has 1 atom stereocenters. The average molecular weight is 409 g/mol. The van der Waals surface area contributed by atoms with Gasteiger partial charge in [0.15, 0.2) is 5.58 Å². The number of amides is 1. The Morgan fingerprint density at radius 1 is 1.07 bits per heavy atom. The highest BCUT2D eigenvalue weighted by Crippen LogP contribution is 2.33. The fourth-order valence-corrected chi connectivity index (χ4v) is 3.30. The molecular formula is C22H21ClN4O2. The molecule has 29 heavy (non-hydrogen) atoms. The Morgan fingerprint density at radius 2 is 1.83 bits per heavy atom. The number of carbonyl (C=O) groups is 1. The molecule has 0 aliphatic carbocycles. The van der Waals surface area contributed by atoms with Gasteiger partial charge in [-0.05, 0) is 29.8 Å². The summed E-state index contributed by atoms with van der Waals surface area (Å²) in [5.41, 5.74) is 11.1. The number of aromatic nitrogens is 2. The first-order valence-electron chi connectivity index (χ1n) is 9.04. The van der Waals surface area contributed by atoms with E-state index in [-0.39, 0.29) is 24.4 Å². The largest absolute Gasteiger partial charge is 0.356 e. The Labute approximate surface area is 174 Å². The van der Waals surface area contributed by atoms with Gasteiger partial charge in [0.25, 0.3) is 5.91 Å². The van der Waals surface area contributed by atoms with Crippen molar-refractivity contribution in [1.82, 2.24) is 15.5 Å². The van der Waals surface area contributed by atoms with E-state index in [0.29, 0.717) is 12.1 Å². The Morgan fingerprint density at radius 3 is 2.66 bits per heavy atom. The van der Waals surface area contributed by atoms with Gasteiger partial charge < -0.3 is 15.6 Å². The summed E-state index contributed by atoms with van der Waals surface area (Å²) in [6, 6.07) is 20.7. The molecule has 4 aromatic rings.